The molecular weight excluding hydrogens is 196 g/mol. The molecule has 4 unspecified atom stereocenters. The van der Waals surface area contributed by atoms with Crippen LogP contribution in [0.1, 0.15) is 65.2 Å². The van der Waals surface area contributed by atoms with Crippen LogP contribution in [0, 0.1) is 17.3 Å². The van der Waals surface area contributed by atoms with Gasteiger partial charge in [0.05, 0.1) is 12.2 Å². The van der Waals surface area contributed by atoms with E-state index >= 15 is 0 Å². The molecule has 3 fully saturated rings. The molecule has 4 atom stereocenters. The van der Waals surface area contributed by atoms with Crippen LogP contribution in [0.5, 0.6) is 0 Å². The second-order valence-corrected chi connectivity index (χ2v) is 6.82. The Morgan fingerprint density at radius 1 is 0.750 bits per heavy atom. The third-order valence-electron chi connectivity index (χ3n) is 5.67. The number of ether oxygens (including phenoxy) is 1. The maximum atomic E-state index is 6.43. The number of hydrogen-bond donors (Lipinski definition) is 0. The van der Waals surface area contributed by atoms with E-state index in [0.717, 1.165) is 11.8 Å². The molecule has 0 aromatic carbocycles. The largest absolute Gasteiger partial charge is 0.374 e. The summed E-state index contributed by atoms with van der Waals surface area (Å²) in [5.41, 5.74) is 0.536. The van der Waals surface area contributed by atoms with Crippen molar-refractivity contribution in [2.75, 3.05) is 0 Å². The van der Waals surface area contributed by atoms with E-state index in [0.29, 0.717) is 17.6 Å². The van der Waals surface area contributed by atoms with Crippen molar-refractivity contribution in [1.29, 1.82) is 0 Å². The van der Waals surface area contributed by atoms with Gasteiger partial charge >= 0.3 is 0 Å². The molecule has 1 heterocycles. The van der Waals surface area contributed by atoms with Gasteiger partial charge in [-0.2, -0.15) is 0 Å². The average Bonchev–Trinajstić information content (AvgIpc) is 2.29. The van der Waals surface area contributed by atoms with Crippen LogP contribution in [-0.2, 0) is 4.74 Å². The van der Waals surface area contributed by atoms with Crippen LogP contribution >= 0.6 is 0 Å². The van der Waals surface area contributed by atoms with E-state index in [1.807, 2.05) is 0 Å². The molecule has 3 rings (SSSR count). The molecule has 3 aliphatic rings. The zero-order valence-electron chi connectivity index (χ0n) is 10.9. The molecule has 16 heavy (non-hydrogen) atoms. The Labute approximate surface area is 99.9 Å². The number of rotatable bonds is 0. The molecule has 0 aromatic rings. The first kappa shape index (κ1) is 11.1. The van der Waals surface area contributed by atoms with Crippen LogP contribution in [0.3, 0.4) is 0 Å². The summed E-state index contributed by atoms with van der Waals surface area (Å²) < 4.78 is 6.43. The molecule has 1 aliphatic heterocycles. The van der Waals surface area contributed by atoms with Crippen LogP contribution in [0.15, 0.2) is 0 Å². The summed E-state index contributed by atoms with van der Waals surface area (Å²) in [6.07, 6.45) is 12.4. The minimum absolute atomic E-state index is 0.536. The smallest absolute Gasteiger partial charge is 0.0612 e. The minimum Gasteiger partial charge on any atom is -0.374 e. The first-order valence-corrected chi connectivity index (χ1v) is 7.35. The zero-order chi connectivity index (χ0) is 11.2. The molecule has 1 nitrogen and oxygen atoms in total. The van der Waals surface area contributed by atoms with Crippen LogP contribution in [0.4, 0.5) is 0 Å². The molecule has 2 aliphatic carbocycles. The highest BCUT2D eigenvalue weighted by atomic mass is 16.5. The highest BCUT2D eigenvalue weighted by Gasteiger charge is 2.51. The van der Waals surface area contributed by atoms with Crippen molar-refractivity contribution >= 4 is 0 Å². The minimum atomic E-state index is 0.536. The Balaban J connectivity index is 1.85. The maximum Gasteiger partial charge on any atom is 0.0612 e. The van der Waals surface area contributed by atoms with Gasteiger partial charge < -0.3 is 4.74 Å². The Morgan fingerprint density at radius 3 is 1.69 bits per heavy atom. The molecule has 0 radical (unpaired) electrons. The maximum absolute atomic E-state index is 6.43. The third kappa shape index (κ3) is 1.63. The summed E-state index contributed by atoms with van der Waals surface area (Å²) in [7, 11) is 0. The van der Waals surface area contributed by atoms with Gasteiger partial charge in [-0.1, -0.05) is 39.5 Å². The summed E-state index contributed by atoms with van der Waals surface area (Å²) in [6.45, 7) is 5.06. The standard InChI is InChI=1S/C15H26O/c1-15(2)11-7-3-5-9-13(11)16-14-10-6-4-8-12(14)15/h11-14H,3-10H2,1-2H3. The molecule has 0 aromatic heterocycles. The van der Waals surface area contributed by atoms with Gasteiger partial charge in [0.15, 0.2) is 0 Å². The fourth-order valence-corrected chi connectivity index (χ4v) is 4.72. The van der Waals surface area contributed by atoms with Gasteiger partial charge in [-0.3, -0.25) is 0 Å². The SMILES string of the molecule is CC1(C)C2CCCCC2OC2CCCCC21. The van der Waals surface area contributed by atoms with Gasteiger partial charge in [-0.25, -0.2) is 0 Å². The zero-order valence-corrected chi connectivity index (χ0v) is 10.9. The molecule has 2 saturated carbocycles. The van der Waals surface area contributed by atoms with Crippen LogP contribution in [0.2, 0.25) is 0 Å². The van der Waals surface area contributed by atoms with Crippen LogP contribution < -0.4 is 0 Å². The van der Waals surface area contributed by atoms with E-state index in [1.165, 1.54) is 51.4 Å². The van der Waals surface area contributed by atoms with E-state index in [1.54, 1.807) is 0 Å². The Kier molecular flexibility index (Phi) is 2.78. The van der Waals surface area contributed by atoms with E-state index in [4.69, 9.17) is 4.74 Å². The van der Waals surface area contributed by atoms with Crippen molar-refractivity contribution in [2.45, 2.75) is 77.4 Å². The lowest BCUT2D eigenvalue weighted by atomic mass is 9.57. The molecule has 0 spiro atoms. The Hall–Kier alpha value is -0.0400. The van der Waals surface area contributed by atoms with E-state index in [-0.39, 0.29) is 0 Å². The molecule has 1 heteroatoms. The second-order valence-electron chi connectivity index (χ2n) is 6.82. The van der Waals surface area contributed by atoms with E-state index in [9.17, 15) is 0 Å². The summed E-state index contributed by atoms with van der Waals surface area (Å²) in [5.74, 6) is 1.70. The topological polar surface area (TPSA) is 9.23 Å². The normalized spacial score (nSPS) is 46.9. The third-order valence-corrected chi connectivity index (χ3v) is 5.67. The van der Waals surface area contributed by atoms with Crippen molar-refractivity contribution in [3.05, 3.63) is 0 Å². The highest BCUT2D eigenvalue weighted by Crippen LogP contribution is 2.54. The van der Waals surface area contributed by atoms with Gasteiger partial charge in [0, 0.05) is 0 Å². The molecule has 1 saturated heterocycles. The fraction of sp³-hybridized carbons (Fsp3) is 1.00. The van der Waals surface area contributed by atoms with E-state index < -0.39 is 0 Å². The first-order valence-electron chi connectivity index (χ1n) is 7.35. The summed E-state index contributed by atoms with van der Waals surface area (Å²) in [6, 6.07) is 0. The van der Waals surface area contributed by atoms with Crippen molar-refractivity contribution < 1.29 is 4.74 Å². The predicted octanol–water partition coefficient (Wildman–Crippen LogP) is 4.16. The summed E-state index contributed by atoms with van der Waals surface area (Å²) in [4.78, 5) is 0. The van der Waals surface area contributed by atoms with Gasteiger partial charge in [0.25, 0.3) is 0 Å². The first-order chi connectivity index (χ1) is 7.69. The quantitative estimate of drug-likeness (QED) is 0.598. The average molecular weight is 222 g/mol. The molecule has 0 N–H and O–H groups in total. The van der Waals surface area contributed by atoms with Crippen molar-refractivity contribution in [3.8, 4) is 0 Å². The predicted molar refractivity (Wildman–Crippen MR) is 66.4 cm³/mol. The Morgan fingerprint density at radius 2 is 1.19 bits per heavy atom. The fourth-order valence-electron chi connectivity index (χ4n) is 4.72. The molecule has 92 valence electrons. The van der Waals surface area contributed by atoms with Gasteiger partial charge in [0.2, 0.25) is 0 Å². The number of fused-ring (bicyclic) bond motifs is 2. The summed E-state index contributed by atoms with van der Waals surface area (Å²) >= 11 is 0. The van der Waals surface area contributed by atoms with Crippen molar-refractivity contribution in [3.63, 3.8) is 0 Å². The molecule has 0 bridgehead atoms. The van der Waals surface area contributed by atoms with Gasteiger partial charge in [-0.15, -0.1) is 0 Å². The lowest BCUT2D eigenvalue weighted by molar-refractivity contribution is -0.199. The highest BCUT2D eigenvalue weighted by molar-refractivity contribution is 4.99. The lowest BCUT2D eigenvalue weighted by Crippen LogP contribution is -2.54. The number of hydrogen-bond acceptors (Lipinski definition) is 1. The van der Waals surface area contributed by atoms with Crippen molar-refractivity contribution in [2.24, 2.45) is 17.3 Å². The molecular formula is C15H26O. The molecule has 0 amide bonds. The monoisotopic (exact) mass is 222 g/mol. The second kappa shape index (κ2) is 4.01. The Bertz CT molecular complexity index is 234. The summed E-state index contributed by atoms with van der Waals surface area (Å²) in [5, 5.41) is 0. The van der Waals surface area contributed by atoms with Gasteiger partial charge in [0.1, 0.15) is 0 Å². The van der Waals surface area contributed by atoms with Gasteiger partial charge in [-0.05, 0) is 42.9 Å². The van der Waals surface area contributed by atoms with E-state index in [2.05, 4.69) is 13.8 Å². The van der Waals surface area contributed by atoms with Crippen molar-refractivity contribution in [1.82, 2.24) is 0 Å². The van der Waals surface area contributed by atoms with Crippen LogP contribution in [0.25, 0.3) is 0 Å². The lowest BCUT2D eigenvalue weighted by Gasteiger charge is -2.56. The van der Waals surface area contributed by atoms with Crippen LogP contribution in [-0.4, -0.2) is 12.2 Å².